The SMILES string of the molecule is O=C(c1c(F)cnc2c1c(=O)cc(Nc1ccccc1)n2-c1ccccc1)C(F)(F)F. The summed E-state index contributed by atoms with van der Waals surface area (Å²) < 4.78 is 55.0. The number of carbonyl (C=O) groups is 1. The standard InChI is InChI=1S/C22H13F4N3O2/c23-15-12-27-21-19(18(15)20(31)22(24,25)26)16(30)11-17(28-13-7-3-1-4-8-13)29(21)14-9-5-2-6-10-14/h1-12,28H. The topological polar surface area (TPSA) is 64.0 Å². The van der Waals surface area contributed by atoms with Crippen LogP contribution in [0.1, 0.15) is 10.4 Å². The van der Waals surface area contributed by atoms with Crippen molar-refractivity contribution in [3.8, 4) is 5.69 Å². The molecule has 0 saturated heterocycles. The number of carbonyl (C=O) groups excluding carboxylic acids is 1. The molecule has 5 nitrogen and oxygen atoms in total. The van der Waals surface area contributed by atoms with E-state index in [-0.39, 0.29) is 11.5 Å². The molecule has 9 heteroatoms. The fraction of sp³-hybridized carbons (Fsp3) is 0.0455. The smallest absolute Gasteiger partial charge is 0.341 e. The lowest BCUT2D eigenvalue weighted by atomic mass is 10.1. The maximum absolute atomic E-state index is 14.3. The molecule has 4 aromatic rings. The molecule has 0 unspecified atom stereocenters. The Morgan fingerprint density at radius 3 is 2.19 bits per heavy atom. The van der Waals surface area contributed by atoms with Gasteiger partial charge in [0.15, 0.2) is 16.9 Å². The number of nitrogens with zero attached hydrogens (tertiary/aromatic N) is 2. The van der Waals surface area contributed by atoms with Gasteiger partial charge in [-0.05, 0) is 24.3 Å². The maximum atomic E-state index is 14.3. The number of para-hydroxylation sites is 2. The summed E-state index contributed by atoms with van der Waals surface area (Å²) in [6.07, 6.45) is -4.85. The van der Waals surface area contributed by atoms with Gasteiger partial charge in [-0.25, -0.2) is 9.37 Å². The summed E-state index contributed by atoms with van der Waals surface area (Å²) in [5.41, 5.74) is -1.57. The number of benzene rings is 2. The average molecular weight is 427 g/mol. The monoisotopic (exact) mass is 427 g/mol. The summed E-state index contributed by atoms with van der Waals surface area (Å²) >= 11 is 0. The zero-order valence-corrected chi connectivity index (χ0v) is 15.7. The number of aromatic nitrogens is 2. The Balaban J connectivity index is 2.08. The van der Waals surface area contributed by atoms with Crippen molar-refractivity contribution < 1.29 is 22.4 Å². The van der Waals surface area contributed by atoms with E-state index in [1.54, 1.807) is 60.7 Å². The van der Waals surface area contributed by atoms with Gasteiger partial charge in [-0.2, -0.15) is 13.2 Å². The van der Waals surface area contributed by atoms with E-state index in [9.17, 15) is 27.2 Å². The van der Waals surface area contributed by atoms with E-state index in [4.69, 9.17) is 0 Å². The van der Waals surface area contributed by atoms with Gasteiger partial charge in [0, 0.05) is 17.4 Å². The van der Waals surface area contributed by atoms with Gasteiger partial charge in [-0.1, -0.05) is 36.4 Å². The molecule has 0 atom stereocenters. The predicted molar refractivity (Wildman–Crippen MR) is 107 cm³/mol. The molecule has 4 rings (SSSR count). The van der Waals surface area contributed by atoms with Gasteiger partial charge in [-0.3, -0.25) is 14.2 Å². The molecule has 2 aromatic carbocycles. The highest BCUT2D eigenvalue weighted by Gasteiger charge is 2.42. The van der Waals surface area contributed by atoms with Crippen LogP contribution in [-0.4, -0.2) is 21.5 Å². The summed E-state index contributed by atoms with van der Waals surface area (Å²) in [6, 6.07) is 18.1. The Morgan fingerprint density at radius 2 is 1.58 bits per heavy atom. The summed E-state index contributed by atoms with van der Waals surface area (Å²) in [7, 11) is 0. The number of hydrogen-bond donors (Lipinski definition) is 1. The van der Waals surface area contributed by atoms with Gasteiger partial charge in [0.2, 0.25) is 0 Å². The second-order valence-corrected chi connectivity index (χ2v) is 6.56. The Kier molecular flexibility index (Phi) is 5.02. The number of Topliss-reactive ketones (excluding diaryl/α,β-unsaturated/α-hetero) is 1. The molecule has 2 aromatic heterocycles. The first-order valence-electron chi connectivity index (χ1n) is 9.00. The highest BCUT2D eigenvalue weighted by atomic mass is 19.4. The second kappa shape index (κ2) is 7.67. The Morgan fingerprint density at radius 1 is 0.968 bits per heavy atom. The molecule has 0 fully saturated rings. The number of ketones is 1. The van der Waals surface area contributed by atoms with Gasteiger partial charge < -0.3 is 5.32 Å². The lowest BCUT2D eigenvalue weighted by molar-refractivity contribution is -0.0886. The van der Waals surface area contributed by atoms with Crippen molar-refractivity contribution in [2.75, 3.05) is 5.32 Å². The summed E-state index contributed by atoms with van der Waals surface area (Å²) in [6.45, 7) is 0. The zero-order valence-electron chi connectivity index (χ0n) is 15.7. The van der Waals surface area contributed by atoms with Crippen LogP contribution in [-0.2, 0) is 0 Å². The summed E-state index contributed by atoms with van der Waals surface area (Å²) in [4.78, 5) is 28.6. The molecule has 1 N–H and O–H groups in total. The predicted octanol–water partition coefficient (Wildman–Crippen LogP) is 5.01. The molecule has 0 aliphatic rings. The van der Waals surface area contributed by atoms with Crippen molar-refractivity contribution in [2.45, 2.75) is 6.18 Å². The van der Waals surface area contributed by atoms with E-state index in [1.807, 2.05) is 0 Å². The lowest BCUT2D eigenvalue weighted by Gasteiger charge is -2.19. The molecule has 156 valence electrons. The van der Waals surface area contributed by atoms with E-state index in [0.29, 0.717) is 17.6 Å². The van der Waals surface area contributed by atoms with Crippen LogP contribution in [0.4, 0.5) is 29.1 Å². The Bertz CT molecular complexity index is 1330. The van der Waals surface area contributed by atoms with Crippen LogP contribution in [0.15, 0.2) is 77.7 Å². The van der Waals surface area contributed by atoms with E-state index in [2.05, 4.69) is 10.3 Å². The number of hydrogen-bond acceptors (Lipinski definition) is 4. The van der Waals surface area contributed by atoms with Gasteiger partial charge >= 0.3 is 6.18 Å². The fourth-order valence-corrected chi connectivity index (χ4v) is 3.22. The molecule has 31 heavy (non-hydrogen) atoms. The molecule has 0 radical (unpaired) electrons. The minimum atomic E-state index is -5.36. The first kappa shape index (κ1) is 20.3. The highest BCUT2D eigenvalue weighted by Crippen LogP contribution is 2.30. The van der Waals surface area contributed by atoms with Crippen LogP contribution in [0.3, 0.4) is 0 Å². The molecule has 0 saturated carbocycles. The van der Waals surface area contributed by atoms with Crippen molar-refractivity contribution in [1.29, 1.82) is 0 Å². The Hall–Kier alpha value is -4.01. The third-order valence-corrected chi connectivity index (χ3v) is 4.52. The first-order valence-corrected chi connectivity index (χ1v) is 9.00. The number of fused-ring (bicyclic) bond motifs is 1. The van der Waals surface area contributed by atoms with E-state index in [1.165, 1.54) is 4.57 Å². The van der Waals surface area contributed by atoms with Crippen LogP contribution in [0.5, 0.6) is 0 Å². The average Bonchev–Trinajstić information content (AvgIpc) is 2.74. The van der Waals surface area contributed by atoms with E-state index >= 15 is 0 Å². The third kappa shape index (κ3) is 3.77. The molecule has 0 aliphatic heterocycles. The van der Waals surface area contributed by atoms with Crippen molar-refractivity contribution >= 4 is 28.3 Å². The van der Waals surface area contributed by atoms with Gasteiger partial charge in [0.25, 0.3) is 5.78 Å². The molecule has 2 heterocycles. The zero-order chi connectivity index (χ0) is 22.2. The molecule has 0 aliphatic carbocycles. The quantitative estimate of drug-likeness (QED) is 0.367. The van der Waals surface area contributed by atoms with Crippen LogP contribution >= 0.6 is 0 Å². The lowest BCUT2D eigenvalue weighted by Crippen LogP contribution is -2.27. The number of halogens is 4. The Labute approximate surface area is 172 Å². The van der Waals surface area contributed by atoms with Crippen molar-refractivity contribution in [2.24, 2.45) is 0 Å². The summed E-state index contributed by atoms with van der Waals surface area (Å²) in [5.74, 6) is -3.78. The first-order chi connectivity index (χ1) is 14.8. The van der Waals surface area contributed by atoms with Crippen LogP contribution < -0.4 is 10.7 Å². The normalized spacial score (nSPS) is 11.5. The van der Waals surface area contributed by atoms with Gasteiger partial charge in [-0.15, -0.1) is 0 Å². The van der Waals surface area contributed by atoms with Crippen molar-refractivity contribution in [3.63, 3.8) is 0 Å². The van der Waals surface area contributed by atoms with Crippen LogP contribution in [0, 0.1) is 5.82 Å². The number of alkyl halides is 3. The number of nitrogens with one attached hydrogen (secondary N) is 1. The molecule has 0 amide bonds. The fourth-order valence-electron chi connectivity index (χ4n) is 3.22. The number of rotatable bonds is 4. The molecule has 0 bridgehead atoms. The molecular formula is C22H13F4N3O2. The molecule has 0 spiro atoms. The number of pyridine rings is 2. The minimum absolute atomic E-state index is 0.180. The second-order valence-electron chi connectivity index (χ2n) is 6.56. The number of anilines is 2. The maximum Gasteiger partial charge on any atom is 0.455 e. The van der Waals surface area contributed by atoms with Crippen molar-refractivity contribution in [1.82, 2.24) is 9.55 Å². The van der Waals surface area contributed by atoms with Crippen molar-refractivity contribution in [3.05, 3.63) is 94.5 Å². The largest absolute Gasteiger partial charge is 0.455 e. The van der Waals surface area contributed by atoms with E-state index < -0.39 is 34.2 Å². The third-order valence-electron chi connectivity index (χ3n) is 4.52. The van der Waals surface area contributed by atoms with Crippen LogP contribution in [0.2, 0.25) is 0 Å². The summed E-state index contributed by atoms with van der Waals surface area (Å²) in [5, 5.41) is 2.27. The van der Waals surface area contributed by atoms with Crippen LogP contribution in [0.25, 0.3) is 16.7 Å². The van der Waals surface area contributed by atoms with Gasteiger partial charge in [0.1, 0.15) is 5.82 Å². The molecular weight excluding hydrogens is 414 g/mol. The minimum Gasteiger partial charge on any atom is -0.341 e. The van der Waals surface area contributed by atoms with E-state index in [0.717, 1.165) is 6.07 Å². The van der Waals surface area contributed by atoms with Gasteiger partial charge in [0.05, 0.1) is 17.1 Å². The highest BCUT2D eigenvalue weighted by molar-refractivity contribution is 6.10.